The van der Waals surface area contributed by atoms with Gasteiger partial charge in [0.1, 0.15) is 5.82 Å². The Kier molecular flexibility index (Phi) is 3.85. The Labute approximate surface area is 110 Å². The molecule has 0 fully saturated rings. The average Bonchev–Trinajstić information content (AvgIpc) is 2.46. The molecule has 19 heavy (non-hydrogen) atoms. The van der Waals surface area contributed by atoms with Crippen molar-refractivity contribution in [2.45, 2.75) is 6.92 Å². The summed E-state index contributed by atoms with van der Waals surface area (Å²) in [7, 11) is 0. The first kappa shape index (κ1) is 13.1. The van der Waals surface area contributed by atoms with Gasteiger partial charge in [0.25, 0.3) is 0 Å². The molecule has 2 aromatic carbocycles. The Bertz CT molecular complexity index is 605. The van der Waals surface area contributed by atoms with Crippen LogP contribution in [0.15, 0.2) is 54.6 Å². The van der Waals surface area contributed by atoms with Crippen molar-refractivity contribution in [3.8, 4) is 0 Å². The molecule has 0 radical (unpaired) electrons. The SMILES string of the molecule is CC(C(=O)c1ccccc1)C(=O)c1ccccc1F. The van der Waals surface area contributed by atoms with E-state index in [0.29, 0.717) is 5.56 Å². The summed E-state index contributed by atoms with van der Waals surface area (Å²) in [6.45, 7) is 1.50. The van der Waals surface area contributed by atoms with Gasteiger partial charge in [-0.15, -0.1) is 0 Å². The van der Waals surface area contributed by atoms with E-state index >= 15 is 0 Å². The molecule has 2 aromatic rings. The number of benzene rings is 2. The third kappa shape index (κ3) is 2.76. The first-order chi connectivity index (χ1) is 9.11. The summed E-state index contributed by atoms with van der Waals surface area (Å²) in [5.74, 6) is -2.28. The van der Waals surface area contributed by atoms with Gasteiger partial charge in [0.15, 0.2) is 11.6 Å². The van der Waals surface area contributed by atoms with Crippen molar-refractivity contribution >= 4 is 11.6 Å². The van der Waals surface area contributed by atoms with Crippen molar-refractivity contribution in [1.29, 1.82) is 0 Å². The maximum absolute atomic E-state index is 13.5. The van der Waals surface area contributed by atoms with Gasteiger partial charge in [0.05, 0.1) is 11.5 Å². The number of Topliss-reactive ketones (excluding diaryl/α,β-unsaturated/α-hetero) is 2. The van der Waals surface area contributed by atoms with Crippen LogP contribution in [0.3, 0.4) is 0 Å². The average molecular weight is 256 g/mol. The predicted molar refractivity (Wildman–Crippen MR) is 70.7 cm³/mol. The molecular weight excluding hydrogens is 243 g/mol. The number of carbonyl (C=O) groups excluding carboxylic acids is 2. The highest BCUT2D eigenvalue weighted by Gasteiger charge is 2.25. The molecule has 0 heterocycles. The molecule has 0 bridgehead atoms. The van der Waals surface area contributed by atoms with Crippen LogP contribution in [0.4, 0.5) is 4.39 Å². The largest absolute Gasteiger partial charge is 0.293 e. The molecule has 0 aliphatic carbocycles. The van der Waals surface area contributed by atoms with Gasteiger partial charge in [0.2, 0.25) is 0 Å². The summed E-state index contributed by atoms with van der Waals surface area (Å²) in [6, 6.07) is 14.2. The smallest absolute Gasteiger partial charge is 0.176 e. The van der Waals surface area contributed by atoms with Crippen molar-refractivity contribution < 1.29 is 14.0 Å². The highest BCUT2D eigenvalue weighted by Crippen LogP contribution is 2.16. The van der Waals surface area contributed by atoms with Crippen molar-refractivity contribution in [2.75, 3.05) is 0 Å². The lowest BCUT2D eigenvalue weighted by Crippen LogP contribution is -2.22. The van der Waals surface area contributed by atoms with Crippen LogP contribution in [0.1, 0.15) is 27.6 Å². The molecule has 2 rings (SSSR count). The molecule has 1 unspecified atom stereocenters. The number of carbonyl (C=O) groups is 2. The van der Waals surface area contributed by atoms with E-state index in [0.717, 1.165) is 0 Å². The minimum Gasteiger partial charge on any atom is -0.293 e. The van der Waals surface area contributed by atoms with E-state index < -0.39 is 17.5 Å². The Morgan fingerprint density at radius 1 is 0.895 bits per heavy atom. The molecule has 0 saturated heterocycles. The normalized spacial score (nSPS) is 11.9. The zero-order valence-electron chi connectivity index (χ0n) is 10.5. The first-order valence-electron chi connectivity index (χ1n) is 5.99. The Morgan fingerprint density at radius 2 is 1.47 bits per heavy atom. The van der Waals surface area contributed by atoms with Crippen LogP contribution in [-0.4, -0.2) is 11.6 Å². The zero-order valence-corrected chi connectivity index (χ0v) is 10.5. The third-order valence-corrected chi connectivity index (χ3v) is 2.98. The number of halogens is 1. The van der Waals surface area contributed by atoms with Gasteiger partial charge in [-0.05, 0) is 19.1 Å². The van der Waals surface area contributed by atoms with Gasteiger partial charge in [-0.25, -0.2) is 4.39 Å². The van der Waals surface area contributed by atoms with Crippen molar-refractivity contribution in [1.82, 2.24) is 0 Å². The molecule has 0 amide bonds. The van der Waals surface area contributed by atoms with Crippen LogP contribution in [0.2, 0.25) is 0 Å². The van der Waals surface area contributed by atoms with Crippen LogP contribution >= 0.6 is 0 Å². The second-order valence-electron chi connectivity index (χ2n) is 4.30. The van der Waals surface area contributed by atoms with E-state index in [2.05, 4.69) is 0 Å². The van der Waals surface area contributed by atoms with E-state index in [1.165, 1.54) is 25.1 Å². The number of hydrogen-bond acceptors (Lipinski definition) is 2. The fourth-order valence-corrected chi connectivity index (χ4v) is 1.87. The Balaban J connectivity index is 2.26. The molecule has 0 aromatic heterocycles. The monoisotopic (exact) mass is 256 g/mol. The first-order valence-corrected chi connectivity index (χ1v) is 5.99. The van der Waals surface area contributed by atoms with E-state index in [4.69, 9.17) is 0 Å². The molecule has 96 valence electrons. The second kappa shape index (κ2) is 5.57. The van der Waals surface area contributed by atoms with Gasteiger partial charge >= 0.3 is 0 Å². The second-order valence-corrected chi connectivity index (χ2v) is 4.30. The molecule has 0 aliphatic rings. The van der Waals surface area contributed by atoms with Crippen molar-refractivity contribution in [3.63, 3.8) is 0 Å². The Hall–Kier alpha value is -2.29. The maximum Gasteiger partial charge on any atom is 0.176 e. The number of hydrogen-bond donors (Lipinski definition) is 0. The molecule has 1 atom stereocenters. The van der Waals surface area contributed by atoms with E-state index in [1.54, 1.807) is 36.4 Å². The van der Waals surface area contributed by atoms with Crippen LogP contribution in [0, 0.1) is 11.7 Å². The topological polar surface area (TPSA) is 34.1 Å². The van der Waals surface area contributed by atoms with Gasteiger partial charge in [-0.2, -0.15) is 0 Å². The summed E-state index contributed by atoms with van der Waals surface area (Å²) in [6.07, 6.45) is 0. The van der Waals surface area contributed by atoms with Crippen LogP contribution in [0.25, 0.3) is 0 Å². The highest BCUT2D eigenvalue weighted by atomic mass is 19.1. The molecule has 3 heteroatoms. The molecule has 0 N–H and O–H groups in total. The van der Waals surface area contributed by atoms with E-state index in [9.17, 15) is 14.0 Å². The summed E-state index contributed by atoms with van der Waals surface area (Å²) in [5, 5.41) is 0. The van der Waals surface area contributed by atoms with Crippen LogP contribution in [-0.2, 0) is 0 Å². The predicted octanol–water partition coefficient (Wildman–Crippen LogP) is 3.53. The van der Waals surface area contributed by atoms with Gasteiger partial charge < -0.3 is 0 Å². The molecule has 0 spiro atoms. The summed E-state index contributed by atoms with van der Waals surface area (Å²) < 4.78 is 13.5. The van der Waals surface area contributed by atoms with Crippen LogP contribution < -0.4 is 0 Å². The number of rotatable bonds is 4. The third-order valence-electron chi connectivity index (χ3n) is 2.98. The van der Waals surface area contributed by atoms with E-state index in [-0.39, 0.29) is 11.3 Å². The van der Waals surface area contributed by atoms with Gasteiger partial charge in [-0.3, -0.25) is 9.59 Å². The standard InChI is InChI=1S/C16H13FO2/c1-11(15(18)12-7-3-2-4-8-12)16(19)13-9-5-6-10-14(13)17/h2-11H,1H3. The summed E-state index contributed by atoms with van der Waals surface area (Å²) in [5.41, 5.74) is 0.416. The number of ketones is 2. The lowest BCUT2D eigenvalue weighted by Gasteiger charge is -2.10. The van der Waals surface area contributed by atoms with E-state index in [1.807, 2.05) is 0 Å². The molecule has 0 saturated carbocycles. The maximum atomic E-state index is 13.5. The fraction of sp³-hybridized carbons (Fsp3) is 0.125. The zero-order chi connectivity index (χ0) is 13.8. The van der Waals surface area contributed by atoms with Gasteiger partial charge in [-0.1, -0.05) is 42.5 Å². The molecule has 0 aliphatic heterocycles. The minimum absolute atomic E-state index is 0.0423. The summed E-state index contributed by atoms with van der Waals surface area (Å²) in [4.78, 5) is 24.2. The summed E-state index contributed by atoms with van der Waals surface area (Å²) >= 11 is 0. The fourth-order valence-electron chi connectivity index (χ4n) is 1.87. The van der Waals surface area contributed by atoms with Gasteiger partial charge in [0, 0.05) is 5.56 Å². The Morgan fingerprint density at radius 3 is 2.11 bits per heavy atom. The van der Waals surface area contributed by atoms with Crippen molar-refractivity contribution in [3.05, 3.63) is 71.5 Å². The molecular formula is C16H13FO2. The lowest BCUT2D eigenvalue weighted by molar-refractivity contribution is 0.0818. The van der Waals surface area contributed by atoms with Crippen molar-refractivity contribution in [2.24, 2.45) is 5.92 Å². The molecule has 2 nitrogen and oxygen atoms in total. The minimum atomic E-state index is -0.890. The van der Waals surface area contributed by atoms with Crippen LogP contribution in [0.5, 0.6) is 0 Å². The lowest BCUT2D eigenvalue weighted by atomic mass is 9.91. The highest BCUT2D eigenvalue weighted by molar-refractivity contribution is 6.15. The quantitative estimate of drug-likeness (QED) is 0.619.